The molecular formula is C20H20ClN5O2. The number of carbonyl (C=O) groups is 1. The molecule has 1 amide bonds. The summed E-state index contributed by atoms with van der Waals surface area (Å²) in [6, 6.07) is 13.2. The summed E-state index contributed by atoms with van der Waals surface area (Å²) in [7, 11) is 0. The van der Waals surface area contributed by atoms with Crippen molar-refractivity contribution in [1.82, 2.24) is 10.1 Å². The van der Waals surface area contributed by atoms with Crippen LogP contribution in [0.25, 0.3) is 0 Å². The zero-order chi connectivity index (χ0) is 19.5. The molecule has 2 aromatic heterocycles. The van der Waals surface area contributed by atoms with Crippen molar-refractivity contribution in [3.8, 4) is 0 Å². The second kappa shape index (κ2) is 7.90. The summed E-state index contributed by atoms with van der Waals surface area (Å²) in [5.41, 5.74) is 2.47. The fraction of sp³-hybridized carbons (Fsp3) is 0.250. The zero-order valence-electron chi connectivity index (χ0n) is 15.4. The van der Waals surface area contributed by atoms with Crippen molar-refractivity contribution in [3.05, 3.63) is 65.1 Å². The molecule has 0 spiro atoms. The molecule has 1 aromatic carbocycles. The number of hydrogen-bond donors (Lipinski definition) is 1. The topological polar surface area (TPSA) is 74.5 Å². The number of anilines is 3. The third kappa shape index (κ3) is 4.09. The van der Waals surface area contributed by atoms with Gasteiger partial charge in [-0.15, -0.1) is 0 Å². The van der Waals surface area contributed by atoms with Gasteiger partial charge in [-0.2, -0.15) is 0 Å². The Morgan fingerprint density at radius 3 is 2.43 bits per heavy atom. The molecule has 1 saturated heterocycles. The molecule has 0 aliphatic carbocycles. The summed E-state index contributed by atoms with van der Waals surface area (Å²) in [5.74, 6) is 0.701. The molecule has 0 radical (unpaired) electrons. The summed E-state index contributed by atoms with van der Waals surface area (Å²) < 4.78 is 4.94. The average molecular weight is 398 g/mol. The minimum Gasteiger partial charge on any atom is -0.368 e. The molecule has 1 fully saturated rings. The van der Waals surface area contributed by atoms with Crippen LogP contribution in [-0.4, -0.2) is 42.2 Å². The molecule has 4 rings (SSSR count). The molecule has 0 saturated carbocycles. The highest BCUT2D eigenvalue weighted by molar-refractivity contribution is 6.30. The highest BCUT2D eigenvalue weighted by Gasteiger charge is 2.18. The van der Waals surface area contributed by atoms with E-state index in [9.17, 15) is 4.79 Å². The Bertz CT molecular complexity index is 965. The molecule has 28 heavy (non-hydrogen) atoms. The van der Waals surface area contributed by atoms with E-state index in [0.717, 1.165) is 42.6 Å². The summed E-state index contributed by atoms with van der Waals surface area (Å²) in [6.07, 6.45) is 1.73. The van der Waals surface area contributed by atoms with Gasteiger partial charge in [-0.25, -0.2) is 4.98 Å². The number of pyridine rings is 1. The quantitative estimate of drug-likeness (QED) is 0.724. The molecule has 1 N–H and O–H groups in total. The van der Waals surface area contributed by atoms with E-state index in [2.05, 4.69) is 31.3 Å². The number of benzene rings is 1. The van der Waals surface area contributed by atoms with Crippen molar-refractivity contribution in [2.75, 3.05) is 41.3 Å². The summed E-state index contributed by atoms with van der Waals surface area (Å²) >= 11 is 6.09. The van der Waals surface area contributed by atoms with Crippen LogP contribution in [0.2, 0.25) is 5.02 Å². The van der Waals surface area contributed by atoms with Crippen LogP contribution in [0, 0.1) is 6.92 Å². The number of halogens is 1. The minimum atomic E-state index is -0.314. The SMILES string of the molecule is Cc1cc(NC(=O)c2ccc(N3CCN(c4cccc(Cl)c4)CC3)cn2)no1. The van der Waals surface area contributed by atoms with E-state index in [1.165, 1.54) is 0 Å². The van der Waals surface area contributed by atoms with Crippen LogP contribution in [0.15, 0.2) is 53.2 Å². The molecule has 1 aliphatic rings. The van der Waals surface area contributed by atoms with E-state index in [0.29, 0.717) is 17.3 Å². The fourth-order valence-corrected chi connectivity index (χ4v) is 3.39. The Hall–Kier alpha value is -3.06. The third-order valence-electron chi connectivity index (χ3n) is 4.67. The largest absolute Gasteiger partial charge is 0.368 e. The van der Waals surface area contributed by atoms with Gasteiger partial charge in [0, 0.05) is 43.0 Å². The maximum Gasteiger partial charge on any atom is 0.275 e. The van der Waals surface area contributed by atoms with Crippen molar-refractivity contribution < 1.29 is 9.32 Å². The first-order valence-corrected chi connectivity index (χ1v) is 9.42. The van der Waals surface area contributed by atoms with Crippen LogP contribution in [0.3, 0.4) is 0 Å². The second-order valence-corrected chi connectivity index (χ2v) is 7.07. The van der Waals surface area contributed by atoms with Crippen molar-refractivity contribution in [3.63, 3.8) is 0 Å². The van der Waals surface area contributed by atoms with Crippen LogP contribution < -0.4 is 15.1 Å². The van der Waals surface area contributed by atoms with Crippen molar-refractivity contribution in [2.24, 2.45) is 0 Å². The summed E-state index contributed by atoms with van der Waals surface area (Å²) in [4.78, 5) is 21.1. The Morgan fingerprint density at radius 2 is 1.82 bits per heavy atom. The fourth-order valence-electron chi connectivity index (χ4n) is 3.21. The van der Waals surface area contributed by atoms with Gasteiger partial charge < -0.3 is 19.6 Å². The number of hydrogen-bond acceptors (Lipinski definition) is 6. The maximum atomic E-state index is 12.3. The minimum absolute atomic E-state index is 0.314. The van der Waals surface area contributed by atoms with E-state index >= 15 is 0 Å². The summed E-state index contributed by atoms with van der Waals surface area (Å²) in [5, 5.41) is 7.17. The lowest BCUT2D eigenvalue weighted by molar-refractivity contribution is 0.102. The molecular weight excluding hydrogens is 378 g/mol. The lowest BCUT2D eigenvalue weighted by Gasteiger charge is -2.37. The first-order valence-electron chi connectivity index (χ1n) is 9.05. The molecule has 1 aliphatic heterocycles. The van der Waals surface area contributed by atoms with Crippen molar-refractivity contribution >= 4 is 34.7 Å². The van der Waals surface area contributed by atoms with Crippen LogP contribution >= 0.6 is 11.6 Å². The Kier molecular flexibility index (Phi) is 5.16. The van der Waals surface area contributed by atoms with Crippen LogP contribution in [0.1, 0.15) is 16.2 Å². The third-order valence-corrected chi connectivity index (χ3v) is 4.90. The first kappa shape index (κ1) is 18.3. The number of piperazine rings is 1. The van der Waals surface area contributed by atoms with E-state index < -0.39 is 0 Å². The average Bonchev–Trinajstić information content (AvgIpc) is 3.13. The smallest absolute Gasteiger partial charge is 0.275 e. The Morgan fingerprint density at radius 1 is 1.07 bits per heavy atom. The second-order valence-electron chi connectivity index (χ2n) is 6.63. The van der Waals surface area contributed by atoms with Gasteiger partial charge in [0.15, 0.2) is 5.82 Å². The van der Waals surface area contributed by atoms with Gasteiger partial charge in [-0.3, -0.25) is 4.79 Å². The van der Waals surface area contributed by atoms with Crippen molar-refractivity contribution in [2.45, 2.75) is 6.92 Å². The Balaban J connectivity index is 1.36. The number of amides is 1. The molecule has 0 atom stereocenters. The molecule has 3 heterocycles. The molecule has 3 aromatic rings. The van der Waals surface area contributed by atoms with Gasteiger partial charge >= 0.3 is 0 Å². The van der Waals surface area contributed by atoms with Gasteiger partial charge in [0.1, 0.15) is 11.5 Å². The number of nitrogens with zero attached hydrogens (tertiary/aromatic N) is 4. The highest BCUT2D eigenvalue weighted by atomic mass is 35.5. The number of aromatic nitrogens is 2. The first-order chi connectivity index (χ1) is 13.6. The monoisotopic (exact) mass is 397 g/mol. The van der Waals surface area contributed by atoms with Crippen LogP contribution in [-0.2, 0) is 0 Å². The van der Waals surface area contributed by atoms with Gasteiger partial charge in [0.2, 0.25) is 0 Å². The van der Waals surface area contributed by atoms with Gasteiger partial charge in [-0.1, -0.05) is 22.8 Å². The van der Waals surface area contributed by atoms with E-state index in [1.807, 2.05) is 24.3 Å². The predicted molar refractivity (Wildman–Crippen MR) is 109 cm³/mol. The summed E-state index contributed by atoms with van der Waals surface area (Å²) in [6.45, 7) is 5.31. The number of aryl methyl sites for hydroxylation is 1. The molecule has 144 valence electrons. The van der Waals surface area contributed by atoms with Crippen molar-refractivity contribution in [1.29, 1.82) is 0 Å². The number of carbonyl (C=O) groups excluding carboxylic acids is 1. The highest BCUT2D eigenvalue weighted by Crippen LogP contribution is 2.23. The lowest BCUT2D eigenvalue weighted by Crippen LogP contribution is -2.46. The Labute approximate surface area is 167 Å². The van der Waals surface area contributed by atoms with E-state index in [-0.39, 0.29) is 5.91 Å². The lowest BCUT2D eigenvalue weighted by atomic mass is 10.2. The van der Waals surface area contributed by atoms with Crippen LogP contribution in [0.5, 0.6) is 0 Å². The number of rotatable bonds is 4. The normalized spacial score (nSPS) is 14.2. The standard InChI is InChI=1S/C20H20ClN5O2/c1-14-11-19(24-28-14)23-20(27)18-6-5-17(13-22-18)26-9-7-25(8-10-26)16-4-2-3-15(21)12-16/h2-6,11-13H,7-10H2,1H3,(H,23,24,27). The zero-order valence-corrected chi connectivity index (χ0v) is 16.2. The molecule has 0 unspecified atom stereocenters. The molecule has 0 bridgehead atoms. The molecule has 8 heteroatoms. The van der Waals surface area contributed by atoms with E-state index in [1.54, 1.807) is 25.3 Å². The van der Waals surface area contributed by atoms with Crippen LogP contribution in [0.4, 0.5) is 17.2 Å². The van der Waals surface area contributed by atoms with Gasteiger partial charge in [0.05, 0.1) is 11.9 Å². The molecule has 7 nitrogen and oxygen atoms in total. The van der Waals surface area contributed by atoms with Gasteiger partial charge in [0.25, 0.3) is 5.91 Å². The van der Waals surface area contributed by atoms with E-state index in [4.69, 9.17) is 16.1 Å². The number of nitrogens with one attached hydrogen (secondary N) is 1. The van der Waals surface area contributed by atoms with Gasteiger partial charge in [-0.05, 0) is 37.3 Å². The predicted octanol–water partition coefficient (Wildman–Crippen LogP) is 3.61. The maximum absolute atomic E-state index is 12.3.